The summed E-state index contributed by atoms with van der Waals surface area (Å²) in [7, 11) is 0. The smallest absolute Gasteiger partial charge is 0.274 e. The second-order valence-electron chi connectivity index (χ2n) is 5.42. The number of amides is 2. The van der Waals surface area contributed by atoms with Crippen LogP contribution < -0.4 is 10.6 Å². The summed E-state index contributed by atoms with van der Waals surface area (Å²) in [6, 6.07) is 13.9. The molecule has 0 radical (unpaired) electrons. The summed E-state index contributed by atoms with van der Waals surface area (Å²) in [5, 5.41) is 5.16. The molecule has 0 unspecified atom stereocenters. The van der Waals surface area contributed by atoms with Gasteiger partial charge in [0, 0.05) is 10.7 Å². The van der Waals surface area contributed by atoms with Crippen LogP contribution in [-0.4, -0.2) is 16.8 Å². The van der Waals surface area contributed by atoms with E-state index in [1.807, 2.05) is 0 Å². The fraction of sp³-hybridized carbons (Fsp3) is 0. The highest BCUT2D eigenvalue weighted by Gasteiger charge is 2.16. The Labute approximate surface area is 158 Å². The molecule has 1 heterocycles. The normalized spacial score (nSPS) is 10.3. The third-order valence-electron chi connectivity index (χ3n) is 3.50. The van der Waals surface area contributed by atoms with Gasteiger partial charge in [0.2, 0.25) is 0 Å². The summed E-state index contributed by atoms with van der Waals surface area (Å²) in [5.41, 5.74) is -0.344. The summed E-state index contributed by atoms with van der Waals surface area (Å²) in [6.45, 7) is 0. The van der Waals surface area contributed by atoms with E-state index < -0.39 is 29.1 Å². The number of pyridine rings is 1. The molecule has 2 aromatic carbocycles. The molecule has 5 nitrogen and oxygen atoms in total. The average Bonchev–Trinajstić information content (AvgIpc) is 2.65. The molecule has 2 N–H and O–H groups in total. The van der Waals surface area contributed by atoms with Crippen LogP contribution in [0.25, 0.3) is 0 Å². The van der Waals surface area contributed by atoms with Gasteiger partial charge in [-0.2, -0.15) is 0 Å². The maximum Gasteiger partial charge on any atom is 0.274 e. The molecule has 136 valence electrons. The molecule has 3 rings (SSSR count). The first-order valence-electron chi connectivity index (χ1n) is 7.73. The van der Waals surface area contributed by atoms with Crippen molar-refractivity contribution in [1.29, 1.82) is 0 Å². The van der Waals surface area contributed by atoms with Gasteiger partial charge >= 0.3 is 0 Å². The van der Waals surface area contributed by atoms with Gasteiger partial charge in [-0.1, -0.05) is 29.8 Å². The first-order valence-corrected chi connectivity index (χ1v) is 8.11. The largest absolute Gasteiger partial charge is 0.321 e. The molecule has 0 aliphatic carbocycles. The van der Waals surface area contributed by atoms with Gasteiger partial charge in [-0.05, 0) is 42.5 Å². The third-order valence-corrected chi connectivity index (χ3v) is 3.73. The zero-order valence-electron chi connectivity index (χ0n) is 13.7. The quantitative estimate of drug-likeness (QED) is 0.691. The summed E-state index contributed by atoms with van der Waals surface area (Å²) in [5.74, 6) is -3.25. The van der Waals surface area contributed by atoms with Crippen LogP contribution >= 0.6 is 11.6 Å². The van der Waals surface area contributed by atoms with Crippen LogP contribution in [0.3, 0.4) is 0 Å². The van der Waals surface area contributed by atoms with Crippen molar-refractivity contribution in [3.8, 4) is 0 Å². The maximum atomic E-state index is 13.7. The Morgan fingerprint density at radius 1 is 0.815 bits per heavy atom. The topological polar surface area (TPSA) is 71.1 Å². The number of hydrogen-bond acceptors (Lipinski definition) is 3. The van der Waals surface area contributed by atoms with Crippen LogP contribution in [0.5, 0.6) is 0 Å². The van der Waals surface area contributed by atoms with Crippen LogP contribution in [0.1, 0.15) is 21.0 Å². The molecule has 0 saturated carbocycles. The predicted molar refractivity (Wildman–Crippen MR) is 98.0 cm³/mol. The Hall–Kier alpha value is -3.32. The lowest BCUT2D eigenvalue weighted by Gasteiger charge is -2.09. The van der Waals surface area contributed by atoms with E-state index in [-0.39, 0.29) is 11.4 Å². The molecule has 0 aliphatic rings. The summed E-state index contributed by atoms with van der Waals surface area (Å²) in [6.07, 6.45) is 0. The van der Waals surface area contributed by atoms with Gasteiger partial charge in [0.05, 0.1) is 0 Å². The molecule has 0 saturated heterocycles. The van der Waals surface area contributed by atoms with Crippen LogP contribution in [-0.2, 0) is 0 Å². The molecule has 0 aliphatic heterocycles. The molecule has 8 heteroatoms. The standard InChI is InChI=1S/C19H12ClF2N3O2/c20-11-4-1-5-12(10-11)23-18(26)15-8-3-9-16(24-15)19(27)25-17-13(21)6-2-7-14(17)22/h1-10H,(H,23,26)(H,25,27). The number of halogens is 3. The number of para-hydroxylation sites is 1. The Balaban J connectivity index is 1.78. The van der Waals surface area contributed by atoms with E-state index >= 15 is 0 Å². The number of carbonyl (C=O) groups excluding carboxylic acids is 2. The molecule has 1 aromatic heterocycles. The fourth-order valence-electron chi connectivity index (χ4n) is 2.24. The molecular formula is C19H12ClF2N3O2. The van der Waals surface area contributed by atoms with E-state index in [2.05, 4.69) is 15.6 Å². The zero-order valence-corrected chi connectivity index (χ0v) is 14.4. The van der Waals surface area contributed by atoms with Crippen LogP contribution in [0.15, 0.2) is 60.7 Å². The highest BCUT2D eigenvalue weighted by atomic mass is 35.5. The molecule has 0 bridgehead atoms. The minimum absolute atomic E-state index is 0.0448. The fourth-order valence-corrected chi connectivity index (χ4v) is 2.43. The number of carbonyl (C=O) groups is 2. The summed E-state index contributed by atoms with van der Waals surface area (Å²) in [4.78, 5) is 28.5. The van der Waals surface area contributed by atoms with E-state index in [1.165, 1.54) is 24.3 Å². The van der Waals surface area contributed by atoms with E-state index in [9.17, 15) is 18.4 Å². The van der Waals surface area contributed by atoms with Crippen molar-refractivity contribution in [2.45, 2.75) is 0 Å². The van der Waals surface area contributed by atoms with Gasteiger partial charge in [0.15, 0.2) is 0 Å². The van der Waals surface area contributed by atoms with Crippen molar-refractivity contribution in [1.82, 2.24) is 4.98 Å². The van der Waals surface area contributed by atoms with Gasteiger partial charge in [-0.3, -0.25) is 9.59 Å². The minimum atomic E-state index is -0.918. The van der Waals surface area contributed by atoms with Crippen LogP contribution in [0.4, 0.5) is 20.2 Å². The van der Waals surface area contributed by atoms with Crippen molar-refractivity contribution in [2.75, 3.05) is 10.6 Å². The Morgan fingerprint density at radius 2 is 1.37 bits per heavy atom. The second kappa shape index (κ2) is 7.92. The minimum Gasteiger partial charge on any atom is -0.321 e. The van der Waals surface area contributed by atoms with Crippen molar-refractivity contribution < 1.29 is 18.4 Å². The number of benzene rings is 2. The first-order chi connectivity index (χ1) is 12.9. The van der Waals surface area contributed by atoms with Gasteiger partial charge in [0.25, 0.3) is 11.8 Å². The first kappa shape index (κ1) is 18.5. The molecular weight excluding hydrogens is 376 g/mol. The SMILES string of the molecule is O=C(Nc1cccc(Cl)c1)c1cccc(C(=O)Nc2c(F)cccc2F)n1. The Morgan fingerprint density at radius 3 is 2.00 bits per heavy atom. The number of nitrogens with zero attached hydrogens (tertiary/aromatic N) is 1. The molecule has 3 aromatic rings. The van der Waals surface area contributed by atoms with Gasteiger partial charge in [-0.25, -0.2) is 13.8 Å². The summed E-state index contributed by atoms with van der Waals surface area (Å²) < 4.78 is 27.3. The van der Waals surface area contributed by atoms with E-state index in [0.29, 0.717) is 10.7 Å². The lowest BCUT2D eigenvalue weighted by Crippen LogP contribution is -2.19. The van der Waals surface area contributed by atoms with Crippen molar-refractivity contribution in [3.05, 3.63) is 88.7 Å². The van der Waals surface area contributed by atoms with E-state index in [4.69, 9.17) is 11.6 Å². The number of anilines is 2. The Kier molecular flexibility index (Phi) is 5.42. The zero-order chi connectivity index (χ0) is 19.4. The maximum absolute atomic E-state index is 13.7. The predicted octanol–water partition coefficient (Wildman–Crippen LogP) is 4.52. The lowest BCUT2D eigenvalue weighted by molar-refractivity contribution is 0.101. The molecule has 0 atom stereocenters. The summed E-state index contributed by atoms with van der Waals surface area (Å²) >= 11 is 5.86. The highest BCUT2D eigenvalue weighted by molar-refractivity contribution is 6.31. The molecule has 27 heavy (non-hydrogen) atoms. The molecule has 2 amide bonds. The second-order valence-corrected chi connectivity index (χ2v) is 5.86. The lowest BCUT2D eigenvalue weighted by atomic mass is 10.2. The van der Waals surface area contributed by atoms with Crippen molar-refractivity contribution in [2.24, 2.45) is 0 Å². The number of hydrogen-bond donors (Lipinski definition) is 2. The van der Waals surface area contributed by atoms with Crippen molar-refractivity contribution >= 4 is 34.8 Å². The number of nitrogens with one attached hydrogen (secondary N) is 2. The van der Waals surface area contributed by atoms with Crippen molar-refractivity contribution in [3.63, 3.8) is 0 Å². The van der Waals surface area contributed by atoms with Gasteiger partial charge in [0.1, 0.15) is 28.7 Å². The van der Waals surface area contributed by atoms with E-state index in [1.54, 1.807) is 24.3 Å². The number of aromatic nitrogens is 1. The molecule has 0 spiro atoms. The third kappa shape index (κ3) is 4.45. The van der Waals surface area contributed by atoms with E-state index in [0.717, 1.165) is 12.1 Å². The Bertz CT molecular complexity index is 1010. The number of rotatable bonds is 4. The van der Waals surface area contributed by atoms with Gasteiger partial charge in [-0.15, -0.1) is 0 Å². The highest BCUT2D eigenvalue weighted by Crippen LogP contribution is 2.19. The monoisotopic (exact) mass is 387 g/mol. The average molecular weight is 388 g/mol. The van der Waals surface area contributed by atoms with Gasteiger partial charge < -0.3 is 10.6 Å². The van der Waals surface area contributed by atoms with Crippen LogP contribution in [0, 0.1) is 11.6 Å². The van der Waals surface area contributed by atoms with Crippen LogP contribution in [0.2, 0.25) is 5.02 Å². The molecule has 0 fully saturated rings.